The minimum absolute atomic E-state index is 0.103. The van der Waals surface area contributed by atoms with Gasteiger partial charge in [0.15, 0.2) is 22.5 Å². The molecule has 0 spiro atoms. The molecule has 0 fully saturated rings. The third-order valence-corrected chi connectivity index (χ3v) is 3.76. The molecule has 9 heteroatoms. The van der Waals surface area contributed by atoms with Gasteiger partial charge in [0.25, 0.3) is 0 Å². The van der Waals surface area contributed by atoms with Crippen molar-refractivity contribution < 1.29 is 19.4 Å². The van der Waals surface area contributed by atoms with Crippen molar-refractivity contribution >= 4 is 29.3 Å². The highest BCUT2D eigenvalue weighted by atomic mass is 35.5. The number of thioether (sulfide) groups is 1. The Balaban J connectivity index is 2.32. The van der Waals surface area contributed by atoms with E-state index in [2.05, 4.69) is 15.2 Å². The Hall–Kier alpha value is -1.93. The van der Waals surface area contributed by atoms with E-state index in [9.17, 15) is 4.79 Å². The number of aromatic nitrogens is 3. The molecule has 21 heavy (non-hydrogen) atoms. The molecule has 0 aliphatic heterocycles. The average Bonchev–Trinajstić information content (AvgIpc) is 2.93. The fourth-order valence-electron chi connectivity index (χ4n) is 1.64. The van der Waals surface area contributed by atoms with Crippen LogP contribution in [0.2, 0.25) is 5.02 Å². The van der Waals surface area contributed by atoms with Crippen LogP contribution in [0.15, 0.2) is 17.3 Å². The van der Waals surface area contributed by atoms with Gasteiger partial charge in [-0.3, -0.25) is 4.79 Å². The highest BCUT2D eigenvalue weighted by Gasteiger charge is 2.17. The number of H-pyrrole nitrogens is 1. The van der Waals surface area contributed by atoms with Gasteiger partial charge in [0, 0.05) is 5.56 Å². The first-order valence-corrected chi connectivity index (χ1v) is 7.11. The average molecular weight is 330 g/mol. The number of carbonyl (C=O) groups is 1. The number of hydrogen-bond donors (Lipinski definition) is 2. The van der Waals surface area contributed by atoms with E-state index in [-0.39, 0.29) is 5.75 Å². The van der Waals surface area contributed by atoms with Crippen LogP contribution in [-0.4, -0.2) is 46.2 Å². The van der Waals surface area contributed by atoms with E-state index in [0.29, 0.717) is 33.1 Å². The van der Waals surface area contributed by atoms with Gasteiger partial charge in [0.05, 0.1) is 25.0 Å². The summed E-state index contributed by atoms with van der Waals surface area (Å²) < 4.78 is 10.4. The van der Waals surface area contributed by atoms with Crippen molar-refractivity contribution in [3.63, 3.8) is 0 Å². The molecule has 0 amide bonds. The number of methoxy groups -OCH3 is 2. The van der Waals surface area contributed by atoms with Crippen LogP contribution in [-0.2, 0) is 4.79 Å². The van der Waals surface area contributed by atoms with Gasteiger partial charge in [-0.05, 0) is 12.1 Å². The molecule has 2 aromatic rings. The third kappa shape index (κ3) is 3.40. The van der Waals surface area contributed by atoms with Gasteiger partial charge in [-0.1, -0.05) is 23.4 Å². The first kappa shape index (κ1) is 15.5. The number of hydrogen-bond acceptors (Lipinski definition) is 6. The Bertz CT molecular complexity index is 662. The number of aliphatic carboxylic acids is 1. The maximum Gasteiger partial charge on any atom is 0.313 e. The Morgan fingerprint density at radius 2 is 2.14 bits per heavy atom. The lowest BCUT2D eigenvalue weighted by Gasteiger charge is -2.11. The van der Waals surface area contributed by atoms with Crippen LogP contribution in [0.3, 0.4) is 0 Å². The summed E-state index contributed by atoms with van der Waals surface area (Å²) in [6, 6.07) is 3.42. The lowest BCUT2D eigenvalue weighted by Crippen LogP contribution is -1.97. The van der Waals surface area contributed by atoms with Crippen LogP contribution >= 0.6 is 23.4 Å². The Labute approximate surface area is 129 Å². The summed E-state index contributed by atoms with van der Waals surface area (Å²) >= 11 is 7.31. The van der Waals surface area contributed by atoms with Gasteiger partial charge >= 0.3 is 5.97 Å². The first-order valence-electron chi connectivity index (χ1n) is 5.75. The van der Waals surface area contributed by atoms with E-state index in [0.717, 1.165) is 11.8 Å². The summed E-state index contributed by atoms with van der Waals surface area (Å²) in [5.74, 6) is 0.295. The van der Waals surface area contributed by atoms with E-state index < -0.39 is 5.97 Å². The topological polar surface area (TPSA) is 97.3 Å². The standard InChI is InChI=1S/C12H12ClN3O4S/c1-19-7-4-3-6(9(13)10(7)20-2)11-14-12(16-15-11)21-5-8(17)18/h3-4H,5H2,1-2H3,(H,17,18)(H,14,15,16). The molecule has 1 heterocycles. The SMILES string of the molecule is COc1ccc(-c2nnc(SCC(=O)O)[nH]2)c(Cl)c1OC. The summed E-state index contributed by atoms with van der Waals surface area (Å²) in [6.45, 7) is 0. The van der Waals surface area contributed by atoms with Gasteiger partial charge < -0.3 is 19.6 Å². The van der Waals surface area contributed by atoms with Crippen molar-refractivity contribution in [2.24, 2.45) is 0 Å². The number of benzene rings is 1. The summed E-state index contributed by atoms with van der Waals surface area (Å²) in [7, 11) is 3.00. The minimum atomic E-state index is -0.929. The van der Waals surface area contributed by atoms with Crippen LogP contribution in [0.1, 0.15) is 0 Å². The van der Waals surface area contributed by atoms with Gasteiger partial charge in [-0.2, -0.15) is 0 Å². The maximum atomic E-state index is 10.5. The summed E-state index contributed by atoms with van der Waals surface area (Å²) in [6.07, 6.45) is 0. The number of aromatic amines is 1. The first-order chi connectivity index (χ1) is 10.1. The molecule has 2 rings (SSSR count). The second kappa shape index (κ2) is 6.68. The van der Waals surface area contributed by atoms with Crippen molar-refractivity contribution in [1.82, 2.24) is 15.2 Å². The highest BCUT2D eigenvalue weighted by molar-refractivity contribution is 7.99. The molecule has 1 aromatic heterocycles. The molecule has 0 unspecified atom stereocenters. The van der Waals surface area contributed by atoms with Crippen molar-refractivity contribution in [2.45, 2.75) is 5.16 Å². The van der Waals surface area contributed by atoms with Crippen molar-refractivity contribution in [3.8, 4) is 22.9 Å². The molecule has 1 aromatic carbocycles. The highest BCUT2D eigenvalue weighted by Crippen LogP contribution is 2.40. The van der Waals surface area contributed by atoms with Gasteiger partial charge in [-0.25, -0.2) is 0 Å². The Morgan fingerprint density at radius 1 is 1.38 bits per heavy atom. The number of rotatable bonds is 6. The van der Waals surface area contributed by atoms with Gasteiger partial charge in [-0.15, -0.1) is 10.2 Å². The molecule has 0 aliphatic carbocycles. The van der Waals surface area contributed by atoms with Crippen LogP contribution in [0.4, 0.5) is 0 Å². The summed E-state index contributed by atoms with van der Waals surface area (Å²) in [5.41, 5.74) is 0.587. The molecule has 0 saturated carbocycles. The third-order valence-electron chi connectivity index (χ3n) is 2.54. The quantitative estimate of drug-likeness (QED) is 0.785. The minimum Gasteiger partial charge on any atom is -0.493 e. The van der Waals surface area contributed by atoms with Crippen molar-refractivity contribution in [3.05, 3.63) is 17.2 Å². The lowest BCUT2D eigenvalue weighted by atomic mass is 10.2. The van der Waals surface area contributed by atoms with Crippen molar-refractivity contribution in [1.29, 1.82) is 0 Å². The zero-order valence-corrected chi connectivity index (χ0v) is 12.8. The number of nitrogens with one attached hydrogen (secondary N) is 1. The number of nitrogens with zero attached hydrogens (tertiary/aromatic N) is 2. The van der Waals surface area contributed by atoms with E-state index in [1.54, 1.807) is 12.1 Å². The monoisotopic (exact) mass is 329 g/mol. The second-order valence-corrected chi connectivity index (χ2v) is 5.17. The lowest BCUT2D eigenvalue weighted by molar-refractivity contribution is -0.133. The van der Waals surface area contributed by atoms with Crippen molar-refractivity contribution in [2.75, 3.05) is 20.0 Å². The molecule has 112 valence electrons. The molecule has 2 N–H and O–H groups in total. The van der Waals surface area contributed by atoms with Gasteiger partial charge in [0.2, 0.25) is 0 Å². The second-order valence-electron chi connectivity index (χ2n) is 3.82. The zero-order valence-electron chi connectivity index (χ0n) is 11.2. The predicted molar refractivity (Wildman–Crippen MR) is 78.3 cm³/mol. The summed E-state index contributed by atoms with van der Waals surface area (Å²) in [4.78, 5) is 13.4. The molecule has 0 bridgehead atoms. The van der Waals surface area contributed by atoms with E-state index >= 15 is 0 Å². The largest absolute Gasteiger partial charge is 0.493 e. The van der Waals surface area contributed by atoms with Crippen LogP contribution in [0.5, 0.6) is 11.5 Å². The van der Waals surface area contributed by atoms with E-state index in [1.807, 2.05) is 0 Å². The van der Waals surface area contributed by atoms with E-state index in [4.69, 9.17) is 26.2 Å². The Kier molecular flexibility index (Phi) is 4.92. The molecule has 0 saturated heterocycles. The zero-order chi connectivity index (χ0) is 15.4. The fourth-order valence-corrected chi connectivity index (χ4v) is 2.49. The Morgan fingerprint density at radius 3 is 2.76 bits per heavy atom. The molecule has 7 nitrogen and oxygen atoms in total. The maximum absolute atomic E-state index is 10.5. The molecule has 0 radical (unpaired) electrons. The number of ether oxygens (including phenoxy) is 2. The van der Waals surface area contributed by atoms with Crippen LogP contribution in [0, 0.1) is 0 Å². The molecule has 0 atom stereocenters. The summed E-state index contributed by atoms with van der Waals surface area (Å²) in [5, 5.41) is 17.2. The normalized spacial score (nSPS) is 10.4. The predicted octanol–water partition coefficient (Wildman–Crippen LogP) is 2.32. The van der Waals surface area contributed by atoms with E-state index in [1.165, 1.54) is 14.2 Å². The van der Waals surface area contributed by atoms with Gasteiger partial charge in [0.1, 0.15) is 0 Å². The van der Waals surface area contributed by atoms with Crippen LogP contribution in [0.25, 0.3) is 11.4 Å². The fraction of sp³-hybridized carbons (Fsp3) is 0.250. The number of carboxylic acid groups (broad SMARTS) is 1. The number of halogens is 1. The van der Waals surface area contributed by atoms with Crippen LogP contribution < -0.4 is 9.47 Å². The molecular weight excluding hydrogens is 318 g/mol. The smallest absolute Gasteiger partial charge is 0.313 e. The number of carboxylic acids is 1. The molecule has 0 aliphatic rings. The molecular formula is C12H12ClN3O4S.